The average molecular weight is 296 g/mol. The summed E-state index contributed by atoms with van der Waals surface area (Å²) in [5.41, 5.74) is 34.3. The summed E-state index contributed by atoms with van der Waals surface area (Å²) < 4.78 is 10.7. The number of benzene rings is 1. The number of hydrogen-bond acceptors (Lipinski definition) is 9. The lowest BCUT2D eigenvalue weighted by atomic mass is 9.80. The molecule has 0 saturated heterocycles. The fourth-order valence-electron chi connectivity index (χ4n) is 2.71. The Bertz CT molecular complexity index is 562. The van der Waals surface area contributed by atoms with Crippen molar-refractivity contribution in [1.82, 2.24) is 0 Å². The molecule has 0 aliphatic carbocycles. The Hall–Kier alpha value is -1.59. The van der Waals surface area contributed by atoms with Gasteiger partial charge in [0.2, 0.25) is 0 Å². The molecule has 0 atom stereocenters. The smallest absolute Gasteiger partial charge is 0.182 e. The SMILES string of the molecule is COc1cc2c(cc1C=O)C(C(N)(N)N)(C(N)(N)N)OC2. The lowest BCUT2D eigenvalue weighted by molar-refractivity contribution is -0.141. The Labute approximate surface area is 121 Å². The lowest BCUT2D eigenvalue weighted by Gasteiger charge is -2.47. The Morgan fingerprint density at radius 1 is 1.19 bits per heavy atom. The summed E-state index contributed by atoms with van der Waals surface area (Å²) in [5.74, 6) is -3.56. The van der Waals surface area contributed by atoms with E-state index >= 15 is 0 Å². The number of rotatable bonds is 4. The minimum Gasteiger partial charge on any atom is -0.496 e. The summed E-state index contributed by atoms with van der Waals surface area (Å²) >= 11 is 0. The highest BCUT2D eigenvalue weighted by molar-refractivity contribution is 5.80. The Balaban J connectivity index is 2.76. The van der Waals surface area contributed by atoms with Crippen LogP contribution in [0.15, 0.2) is 12.1 Å². The van der Waals surface area contributed by atoms with E-state index in [4.69, 9.17) is 43.9 Å². The first-order chi connectivity index (χ1) is 9.58. The van der Waals surface area contributed by atoms with Crippen LogP contribution in [-0.2, 0) is 16.9 Å². The number of carbonyl (C=O) groups excluding carboxylic acids is 1. The van der Waals surface area contributed by atoms with Gasteiger partial charge < -0.3 is 9.47 Å². The maximum Gasteiger partial charge on any atom is 0.182 e. The van der Waals surface area contributed by atoms with Gasteiger partial charge >= 0.3 is 0 Å². The molecular weight excluding hydrogens is 276 g/mol. The van der Waals surface area contributed by atoms with Gasteiger partial charge in [-0.05, 0) is 23.3 Å². The zero-order chi connectivity index (χ0) is 16.1. The highest BCUT2D eigenvalue weighted by Gasteiger charge is 2.61. The Kier molecular flexibility index (Phi) is 3.54. The van der Waals surface area contributed by atoms with Crippen LogP contribution < -0.4 is 39.1 Å². The first kappa shape index (κ1) is 15.8. The van der Waals surface area contributed by atoms with Crippen molar-refractivity contribution in [2.45, 2.75) is 23.8 Å². The molecule has 1 aromatic carbocycles. The Morgan fingerprint density at radius 3 is 2.19 bits per heavy atom. The fourth-order valence-corrected chi connectivity index (χ4v) is 2.71. The van der Waals surface area contributed by atoms with E-state index in [9.17, 15) is 4.79 Å². The minimum atomic E-state index is -1.97. The number of fused-ring (bicyclic) bond motifs is 1. The number of carbonyl (C=O) groups is 1. The fraction of sp³-hybridized carbons (Fsp3) is 0.417. The second-order valence-electron chi connectivity index (χ2n) is 5.21. The predicted octanol–water partition coefficient (Wildman–Crippen LogP) is -2.71. The molecule has 1 aliphatic heterocycles. The van der Waals surface area contributed by atoms with Crippen LogP contribution in [-0.4, -0.2) is 25.0 Å². The standard InChI is InChI=1S/C12H20N6O3/c1-20-9-3-7-5-21-10(11(13,14)15,12(16,17)18)8(7)2-6(9)4-19/h2-4H,5,13-18H2,1H3. The lowest BCUT2D eigenvalue weighted by Crippen LogP contribution is -2.85. The average Bonchev–Trinajstić information content (AvgIpc) is 2.75. The van der Waals surface area contributed by atoms with Gasteiger partial charge in [-0.3, -0.25) is 39.2 Å². The van der Waals surface area contributed by atoms with Crippen molar-refractivity contribution < 1.29 is 14.3 Å². The second kappa shape index (κ2) is 4.71. The van der Waals surface area contributed by atoms with Crippen LogP contribution in [0.25, 0.3) is 0 Å². The molecule has 1 aromatic rings. The van der Waals surface area contributed by atoms with Crippen molar-refractivity contribution in [3.63, 3.8) is 0 Å². The van der Waals surface area contributed by atoms with Crippen LogP contribution in [0.4, 0.5) is 0 Å². The Morgan fingerprint density at radius 2 is 1.76 bits per heavy atom. The zero-order valence-corrected chi connectivity index (χ0v) is 11.6. The molecule has 0 aromatic heterocycles. The molecule has 0 saturated carbocycles. The van der Waals surface area contributed by atoms with Gasteiger partial charge in [-0.25, -0.2) is 0 Å². The maximum absolute atomic E-state index is 11.2. The summed E-state index contributed by atoms with van der Waals surface area (Å²) in [6, 6.07) is 3.08. The molecule has 0 amide bonds. The van der Waals surface area contributed by atoms with Gasteiger partial charge in [-0.15, -0.1) is 0 Å². The van der Waals surface area contributed by atoms with Crippen molar-refractivity contribution in [2.75, 3.05) is 7.11 Å². The third-order valence-corrected chi connectivity index (χ3v) is 3.63. The van der Waals surface area contributed by atoms with E-state index in [1.807, 2.05) is 0 Å². The van der Waals surface area contributed by atoms with Crippen LogP contribution in [0, 0.1) is 0 Å². The van der Waals surface area contributed by atoms with Crippen molar-refractivity contribution in [1.29, 1.82) is 0 Å². The summed E-state index contributed by atoms with van der Waals surface area (Å²) in [6.07, 6.45) is 0.610. The van der Waals surface area contributed by atoms with E-state index in [1.165, 1.54) is 13.2 Å². The summed E-state index contributed by atoms with van der Waals surface area (Å²) in [5, 5.41) is 0. The summed E-state index contributed by atoms with van der Waals surface area (Å²) in [7, 11) is 1.44. The topological polar surface area (TPSA) is 192 Å². The molecule has 0 bridgehead atoms. The number of methoxy groups -OCH3 is 1. The monoisotopic (exact) mass is 296 g/mol. The third-order valence-electron chi connectivity index (χ3n) is 3.63. The van der Waals surface area contributed by atoms with Gasteiger partial charge in [0, 0.05) is 0 Å². The van der Waals surface area contributed by atoms with Gasteiger partial charge in [0.15, 0.2) is 23.5 Å². The van der Waals surface area contributed by atoms with Gasteiger partial charge in [-0.1, -0.05) is 0 Å². The molecule has 0 spiro atoms. The van der Waals surface area contributed by atoms with E-state index in [1.54, 1.807) is 6.07 Å². The normalized spacial score (nSPS) is 17.5. The number of aldehydes is 1. The molecule has 0 fully saturated rings. The van der Waals surface area contributed by atoms with E-state index in [0.29, 0.717) is 23.2 Å². The summed E-state index contributed by atoms with van der Waals surface area (Å²) in [4.78, 5) is 11.2. The van der Waals surface area contributed by atoms with Crippen molar-refractivity contribution in [3.8, 4) is 5.75 Å². The molecule has 0 unspecified atom stereocenters. The first-order valence-electron chi connectivity index (χ1n) is 6.12. The molecule has 1 aliphatic rings. The maximum atomic E-state index is 11.2. The van der Waals surface area contributed by atoms with E-state index in [2.05, 4.69) is 0 Å². The van der Waals surface area contributed by atoms with Crippen LogP contribution in [0.3, 0.4) is 0 Å². The molecule has 1 heterocycles. The molecule has 0 radical (unpaired) electrons. The predicted molar refractivity (Wildman–Crippen MR) is 75.4 cm³/mol. The highest BCUT2D eigenvalue weighted by Crippen LogP contribution is 2.45. The third kappa shape index (κ3) is 2.12. The summed E-state index contributed by atoms with van der Waals surface area (Å²) in [6.45, 7) is 0.0749. The van der Waals surface area contributed by atoms with E-state index in [-0.39, 0.29) is 12.2 Å². The zero-order valence-electron chi connectivity index (χ0n) is 11.6. The van der Waals surface area contributed by atoms with E-state index in [0.717, 1.165) is 0 Å². The molecule has 9 heteroatoms. The second-order valence-corrected chi connectivity index (χ2v) is 5.21. The first-order valence-corrected chi connectivity index (χ1v) is 6.12. The number of hydrogen-bond donors (Lipinski definition) is 6. The molecule has 9 nitrogen and oxygen atoms in total. The van der Waals surface area contributed by atoms with Crippen molar-refractivity contribution in [3.05, 3.63) is 28.8 Å². The van der Waals surface area contributed by atoms with Crippen LogP contribution in [0.1, 0.15) is 21.5 Å². The van der Waals surface area contributed by atoms with Gasteiger partial charge in [0.1, 0.15) is 5.75 Å². The molecule has 12 N–H and O–H groups in total. The largest absolute Gasteiger partial charge is 0.496 e. The molecule has 116 valence electrons. The molecule has 21 heavy (non-hydrogen) atoms. The quantitative estimate of drug-likeness (QED) is 0.253. The number of ether oxygens (including phenoxy) is 2. The van der Waals surface area contributed by atoms with Crippen molar-refractivity contribution >= 4 is 6.29 Å². The van der Waals surface area contributed by atoms with Gasteiger partial charge in [0.25, 0.3) is 0 Å². The molecular formula is C12H20N6O3. The van der Waals surface area contributed by atoms with Crippen LogP contribution in [0.2, 0.25) is 0 Å². The molecule has 2 rings (SSSR count). The van der Waals surface area contributed by atoms with Crippen LogP contribution in [0.5, 0.6) is 5.75 Å². The van der Waals surface area contributed by atoms with Gasteiger partial charge in [0.05, 0.1) is 19.3 Å². The van der Waals surface area contributed by atoms with Gasteiger partial charge in [-0.2, -0.15) is 0 Å². The van der Waals surface area contributed by atoms with Crippen molar-refractivity contribution in [2.24, 2.45) is 34.4 Å². The number of nitrogens with two attached hydrogens (primary N) is 6. The minimum absolute atomic E-state index is 0.0749. The highest BCUT2D eigenvalue weighted by atomic mass is 16.5. The van der Waals surface area contributed by atoms with Crippen LogP contribution >= 0.6 is 0 Å². The van der Waals surface area contributed by atoms with E-state index < -0.39 is 17.2 Å².